The second-order valence-corrected chi connectivity index (χ2v) is 6.24. The Balaban J connectivity index is 2.57. The van der Waals surface area contributed by atoms with Gasteiger partial charge in [-0.3, -0.25) is 9.59 Å². The summed E-state index contributed by atoms with van der Waals surface area (Å²) in [6, 6.07) is 6.51. The number of carbonyl (C=O) groups excluding carboxylic acids is 2. The summed E-state index contributed by atoms with van der Waals surface area (Å²) in [6.45, 7) is 0. The molecular formula is C12H16N2O5S. The molecule has 0 radical (unpaired) electrons. The SMILES string of the molecule is COC(=O)CCS(=O)(=O)CC(=O)Nc1ccccc1N. The predicted molar refractivity (Wildman–Crippen MR) is 74.8 cm³/mol. The lowest BCUT2D eigenvalue weighted by Crippen LogP contribution is -2.26. The fourth-order valence-electron chi connectivity index (χ4n) is 1.41. The Morgan fingerprint density at radius 3 is 2.55 bits per heavy atom. The summed E-state index contributed by atoms with van der Waals surface area (Å²) in [7, 11) is -2.51. The fourth-order valence-corrected chi connectivity index (χ4v) is 2.50. The summed E-state index contributed by atoms with van der Waals surface area (Å²) in [5.74, 6) is -2.48. The van der Waals surface area contributed by atoms with E-state index in [-0.39, 0.29) is 6.42 Å². The minimum Gasteiger partial charge on any atom is -0.469 e. The van der Waals surface area contributed by atoms with Crippen molar-refractivity contribution in [3.63, 3.8) is 0 Å². The average Bonchev–Trinajstić information content (AvgIpc) is 2.38. The van der Waals surface area contributed by atoms with Crippen LogP contribution >= 0.6 is 0 Å². The van der Waals surface area contributed by atoms with Gasteiger partial charge >= 0.3 is 5.97 Å². The van der Waals surface area contributed by atoms with Gasteiger partial charge in [0.1, 0.15) is 5.75 Å². The molecule has 1 amide bonds. The highest BCUT2D eigenvalue weighted by atomic mass is 32.2. The smallest absolute Gasteiger partial charge is 0.306 e. The number of esters is 1. The quantitative estimate of drug-likeness (QED) is 0.572. The van der Waals surface area contributed by atoms with Crippen molar-refractivity contribution in [3.05, 3.63) is 24.3 Å². The predicted octanol–water partition coefficient (Wildman–Crippen LogP) is 0.185. The first-order valence-electron chi connectivity index (χ1n) is 5.75. The monoisotopic (exact) mass is 300 g/mol. The summed E-state index contributed by atoms with van der Waals surface area (Å²) in [6.07, 6.45) is -0.278. The van der Waals surface area contributed by atoms with Crippen LogP contribution in [0.25, 0.3) is 0 Å². The highest BCUT2D eigenvalue weighted by molar-refractivity contribution is 7.92. The van der Waals surface area contributed by atoms with E-state index in [1.807, 2.05) is 0 Å². The molecule has 20 heavy (non-hydrogen) atoms. The number of amides is 1. The largest absolute Gasteiger partial charge is 0.469 e. The minimum atomic E-state index is -3.67. The van der Waals surface area contributed by atoms with Crippen molar-refractivity contribution in [1.82, 2.24) is 0 Å². The maximum Gasteiger partial charge on any atom is 0.306 e. The average molecular weight is 300 g/mol. The van der Waals surface area contributed by atoms with Crippen molar-refractivity contribution in [3.8, 4) is 0 Å². The lowest BCUT2D eigenvalue weighted by atomic mass is 10.3. The fraction of sp³-hybridized carbons (Fsp3) is 0.333. The number of rotatable bonds is 6. The Morgan fingerprint density at radius 2 is 1.95 bits per heavy atom. The van der Waals surface area contributed by atoms with E-state index >= 15 is 0 Å². The first-order valence-corrected chi connectivity index (χ1v) is 7.58. The molecule has 3 N–H and O–H groups in total. The van der Waals surface area contributed by atoms with Gasteiger partial charge in [-0.2, -0.15) is 0 Å². The number of nitrogens with one attached hydrogen (secondary N) is 1. The number of nitrogen functional groups attached to an aromatic ring is 1. The summed E-state index contributed by atoms with van der Waals surface area (Å²) < 4.78 is 27.6. The van der Waals surface area contributed by atoms with Gasteiger partial charge in [0.2, 0.25) is 5.91 Å². The molecule has 1 aromatic rings. The van der Waals surface area contributed by atoms with Crippen LogP contribution in [0.1, 0.15) is 6.42 Å². The Labute approximate surface area is 117 Å². The van der Waals surface area contributed by atoms with Gasteiger partial charge < -0.3 is 15.8 Å². The van der Waals surface area contributed by atoms with Crippen molar-refractivity contribution in [2.45, 2.75) is 6.42 Å². The first kappa shape index (κ1) is 16.0. The molecule has 0 saturated heterocycles. The number of carbonyl (C=O) groups is 2. The van der Waals surface area contributed by atoms with Crippen molar-refractivity contribution in [2.75, 3.05) is 29.7 Å². The number of ether oxygens (including phenoxy) is 1. The normalized spacial score (nSPS) is 10.8. The zero-order chi connectivity index (χ0) is 15.2. The number of methoxy groups -OCH3 is 1. The molecule has 8 heteroatoms. The molecule has 0 fully saturated rings. The number of nitrogens with two attached hydrogens (primary N) is 1. The van der Waals surface area contributed by atoms with Gasteiger partial charge in [0.25, 0.3) is 0 Å². The van der Waals surface area contributed by atoms with Crippen LogP contribution in [0.5, 0.6) is 0 Å². The lowest BCUT2D eigenvalue weighted by Gasteiger charge is -2.08. The van der Waals surface area contributed by atoms with E-state index < -0.39 is 33.2 Å². The molecule has 7 nitrogen and oxygen atoms in total. The number of sulfone groups is 1. The van der Waals surface area contributed by atoms with Gasteiger partial charge in [0, 0.05) is 0 Å². The summed E-state index contributed by atoms with van der Waals surface area (Å²) in [5.41, 5.74) is 6.31. The van der Waals surface area contributed by atoms with Crippen LogP contribution in [0, 0.1) is 0 Å². The van der Waals surface area contributed by atoms with Crippen molar-refractivity contribution >= 4 is 33.1 Å². The highest BCUT2D eigenvalue weighted by Gasteiger charge is 2.19. The highest BCUT2D eigenvalue weighted by Crippen LogP contribution is 2.16. The molecule has 110 valence electrons. The maximum absolute atomic E-state index is 11.6. The molecule has 0 spiro atoms. The lowest BCUT2D eigenvalue weighted by molar-refractivity contribution is -0.140. The van der Waals surface area contributed by atoms with Gasteiger partial charge in [-0.1, -0.05) is 12.1 Å². The zero-order valence-corrected chi connectivity index (χ0v) is 11.8. The topological polar surface area (TPSA) is 116 Å². The molecule has 1 rings (SSSR count). The Hall–Kier alpha value is -2.09. The van der Waals surface area contributed by atoms with Gasteiger partial charge in [0.05, 0.1) is 30.7 Å². The van der Waals surface area contributed by atoms with E-state index in [0.29, 0.717) is 11.4 Å². The third kappa shape index (κ3) is 5.27. The molecule has 1 aromatic carbocycles. The molecule has 0 aliphatic heterocycles. The minimum absolute atomic E-state index is 0.278. The van der Waals surface area contributed by atoms with Crippen LogP contribution in [-0.2, 0) is 24.2 Å². The molecule has 0 atom stereocenters. The second kappa shape index (κ2) is 6.90. The van der Waals surface area contributed by atoms with Crippen LogP contribution in [0.15, 0.2) is 24.3 Å². The standard InChI is InChI=1S/C12H16N2O5S/c1-19-12(16)6-7-20(17,18)8-11(15)14-10-5-3-2-4-9(10)13/h2-5H,6-8,13H2,1H3,(H,14,15). The van der Waals surface area contributed by atoms with Gasteiger partial charge in [-0.05, 0) is 12.1 Å². The number of anilines is 2. The van der Waals surface area contributed by atoms with Crippen LogP contribution in [-0.4, -0.2) is 38.9 Å². The van der Waals surface area contributed by atoms with E-state index in [1.54, 1.807) is 24.3 Å². The molecule has 0 bridgehead atoms. The molecular weight excluding hydrogens is 284 g/mol. The van der Waals surface area contributed by atoms with E-state index in [0.717, 1.165) is 0 Å². The molecule has 0 aromatic heterocycles. The molecule has 0 saturated carbocycles. The zero-order valence-electron chi connectivity index (χ0n) is 11.0. The third-order valence-electron chi connectivity index (χ3n) is 2.43. The number of hydrogen-bond acceptors (Lipinski definition) is 6. The van der Waals surface area contributed by atoms with Gasteiger partial charge in [-0.15, -0.1) is 0 Å². The van der Waals surface area contributed by atoms with Crippen LogP contribution in [0.3, 0.4) is 0 Å². The summed E-state index contributed by atoms with van der Waals surface area (Å²) in [5, 5.41) is 2.41. The van der Waals surface area contributed by atoms with Crippen LogP contribution < -0.4 is 11.1 Å². The maximum atomic E-state index is 11.6. The second-order valence-electron chi connectivity index (χ2n) is 4.05. The van der Waals surface area contributed by atoms with Crippen molar-refractivity contribution in [2.24, 2.45) is 0 Å². The third-order valence-corrected chi connectivity index (χ3v) is 3.96. The van der Waals surface area contributed by atoms with Gasteiger partial charge in [0.15, 0.2) is 9.84 Å². The summed E-state index contributed by atoms with van der Waals surface area (Å²) >= 11 is 0. The summed E-state index contributed by atoms with van der Waals surface area (Å²) in [4.78, 5) is 22.5. The Kier molecular flexibility index (Phi) is 5.51. The molecule has 0 aliphatic rings. The number of hydrogen-bond donors (Lipinski definition) is 2. The van der Waals surface area contributed by atoms with Crippen molar-refractivity contribution < 1.29 is 22.7 Å². The van der Waals surface area contributed by atoms with Gasteiger partial charge in [-0.25, -0.2) is 8.42 Å². The number of benzene rings is 1. The first-order chi connectivity index (χ1) is 9.34. The van der Waals surface area contributed by atoms with E-state index in [4.69, 9.17) is 5.73 Å². The molecule has 0 heterocycles. The van der Waals surface area contributed by atoms with E-state index in [9.17, 15) is 18.0 Å². The number of para-hydroxylation sites is 2. The van der Waals surface area contributed by atoms with Crippen LogP contribution in [0.2, 0.25) is 0 Å². The molecule has 0 aliphatic carbocycles. The van der Waals surface area contributed by atoms with Crippen LogP contribution in [0.4, 0.5) is 11.4 Å². The van der Waals surface area contributed by atoms with Crippen molar-refractivity contribution in [1.29, 1.82) is 0 Å². The molecule has 0 unspecified atom stereocenters. The van der Waals surface area contributed by atoms with E-state index in [2.05, 4.69) is 10.1 Å². The Morgan fingerprint density at radius 1 is 1.30 bits per heavy atom. The Bertz CT molecular complexity index is 598. The van der Waals surface area contributed by atoms with E-state index in [1.165, 1.54) is 7.11 Å².